The molecule has 1 aliphatic heterocycles. The summed E-state index contributed by atoms with van der Waals surface area (Å²) in [6.07, 6.45) is 5.18. The third kappa shape index (κ3) is 3.61. The molecule has 1 aliphatic rings. The highest BCUT2D eigenvalue weighted by molar-refractivity contribution is 5.56. The molecule has 0 bridgehead atoms. The first-order chi connectivity index (χ1) is 10.3. The van der Waals surface area contributed by atoms with Crippen molar-refractivity contribution in [2.75, 3.05) is 20.2 Å². The van der Waals surface area contributed by atoms with Crippen molar-refractivity contribution in [2.45, 2.75) is 32.2 Å². The summed E-state index contributed by atoms with van der Waals surface area (Å²) in [7, 11) is 1.65. The number of ether oxygens (including phenoxy) is 1. The van der Waals surface area contributed by atoms with Crippen molar-refractivity contribution in [1.29, 1.82) is 0 Å². The van der Waals surface area contributed by atoms with Crippen molar-refractivity contribution in [3.63, 3.8) is 0 Å². The molecule has 0 amide bonds. The van der Waals surface area contributed by atoms with Crippen molar-refractivity contribution < 1.29 is 9.26 Å². The lowest BCUT2D eigenvalue weighted by Gasteiger charge is -2.16. The predicted molar refractivity (Wildman–Crippen MR) is 80.0 cm³/mol. The smallest absolute Gasteiger partial charge is 0.241 e. The number of hydrogen-bond donors (Lipinski definition) is 0. The fraction of sp³-hybridized carbons (Fsp3) is 0.500. The maximum Gasteiger partial charge on any atom is 0.241 e. The molecule has 2 heterocycles. The third-order valence-corrected chi connectivity index (χ3v) is 3.85. The standard InChI is InChI=1S/C16H21N3O2/c1-20-14-8-6-7-13(11-14)16-17-15(21-18-16)12-19-9-4-2-3-5-10-19/h6-8,11H,2-5,9-10,12H2,1H3. The Morgan fingerprint density at radius 3 is 2.76 bits per heavy atom. The van der Waals surface area contributed by atoms with Crippen LogP contribution >= 0.6 is 0 Å². The molecular weight excluding hydrogens is 266 g/mol. The van der Waals surface area contributed by atoms with Crippen LogP contribution in [-0.4, -0.2) is 35.2 Å². The zero-order valence-corrected chi connectivity index (χ0v) is 12.4. The molecule has 0 unspecified atom stereocenters. The highest BCUT2D eigenvalue weighted by Crippen LogP contribution is 2.21. The summed E-state index contributed by atoms with van der Waals surface area (Å²) in [6, 6.07) is 7.71. The van der Waals surface area contributed by atoms with E-state index in [1.54, 1.807) is 7.11 Å². The van der Waals surface area contributed by atoms with E-state index < -0.39 is 0 Å². The molecule has 3 rings (SSSR count). The van der Waals surface area contributed by atoms with Crippen LogP contribution in [-0.2, 0) is 6.54 Å². The largest absolute Gasteiger partial charge is 0.497 e. The van der Waals surface area contributed by atoms with Crippen molar-refractivity contribution in [2.24, 2.45) is 0 Å². The fourth-order valence-electron chi connectivity index (χ4n) is 2.68. The van der Waals surface area contributed by atoms with E-state index in [0.29, 0.717) is 11.7 Å². The van der Waals surface area contributed by atoms with Gasteiger partial charge in [-0.3, -0.25) is 4.90 Å². The van der Waals surface area contributed by atoms with Crippen molar-refractivity contribution >= 4 is 0 Å². The van der Waals surface area contributed by atoms with E-state index in [0.717, 1.165) is 30.9 Å². The Labute approximate surface area is 124 Å². The molecule has 0 spiro atoms. The van der Waals surface area contributed by atoms with E-state index in [9.17, 15) is 0 Å². The Hall–Kier alpha value is -1.88. The van der Waals surface area contributed by atoms with Gasteiger partial charge in [-0.2, -0.15) is 4.98 Å². The van der Waals surface area contributed by atoms with E-state index in [1.807, 2.05) is 24.3 Å². The molecule has 1 aromatic carbocycles. The van der Waals surface area contributed by atoms with Gasteiger partial charge in [-0.15, -0.1) is 0 Å². The lowest BCUT2D eigenvalue weighted by molar-refractivity contribution is 0.234. The number of nitrogens with zero attached hydrogens (tertiary/aromatic N) is 3. The molecule has 0 N–H and O–H groups in total. The van der Waals surface area contributed by atoms with E-state index in [1.165, 1.54) is 25.7 Å². The number of hydrogen-bond acceptors (Lipinski definition) is 5. The first kappa shape index (κ1) is 14.1. The van der Waals surface area contributed by atoms with Crippen LogP contribution < -0.4 is 4.74 Å². The van der Waals surface area contributed by atoms with E-state index in [4.69, 9.17) is 9.26 Å². The number of likely N-dealkylation sites (tertiary alicyclic amines) is 1. The van der Waals surface area contributed by atoms with Crippen LogP contribution in [0.4, 0.5) is 0 Å². The lowest BCUT2D eigenvalue weighted by atomic mass is 10.2. The average molecular weight is 287 g/mol. The quantitative estimate of drug-likeness (QED) is 0.864. The average Bonchev–Trinajstić information content (AvgIpc) is 2.83. The Morgan fingerprint density at radius 1 is 1.19 bits per heavy atom. The molecule has 5 nitrogen and oxygen atoms in total. The molecule has 0 aliphatic carbocycles. The van der Waals surface area contributed by atoms with Crippen LogP contribution in [0.3, 0.4) is 0 Å². The van der Waals surface area contributed by atoms with Gasteiger partial charge in [0.15, 0.2) is 0 Å². The van der Waals surface area contributed by atoms with Crippen molar-refractivity contribution in [3.8, 4) is 17.1 Å². The molecule has 2 aromatic rings. The molecular formula is C16H21N3O2. The van der Waals surface area contributed by atoms with Gasteiger partial charge in [0, 0.05) is 5.56 Å². The molecule has 1 saturated heterocycles. The number of rotatable bonds is 4. The first-order valence-electron chi connectivity index (χ1n) is 7.54. The molecule has 0 atom stereocenters. The van der Waals surface area contributed by atoms with Gasteiger partial charge in [0.1, 0.15) is 5.75 Å². The number of aromatic nitrogens is 2. The summed E-state index contributed by atoms with van der Waals surface area (Å²) in [4.78, 5) is 6.90. The highest BCUT2D eigenvalue weighted by Gasteiger charge is 2.14. The zero-order chi connectivity index (χ0) is 14.5. The normalized spacial score (nSPS) is 16.6. The van der Waals surface area contributed by atoms with E-state index in [2.05, 4.69) is 15.0 Å². The van der Waals surface area contributed by atoms with Gasteiger partial charge in [-0.05, 0) is 38.1 Å². The molecule has 0 radical (unpaired) electrons. The second-order valence-corrected chi connectivity index (χ2v) is 5.43. The Kier molecular flexibility index (Phi) is 4.50. The first-order valence-corrected chi connectivity index (χ1v) is 7.54. The number of methoxy groups -OCH3 is 1. The van der Waals surface area contributed by atoms with Crippen LogP contribution in [0, 0.1) is 0 Å². The molecule has 21 heavy (non-hydrogen) atoms. The van der Waals surface area contributed by atoms with Crippen LogP contribution in [0.1, 0.15) is 31.6 Å². The summed E-state index contributed by atoms with van der Waals surface area (Å²) in [5.74, 6) is 2.11. The summed E-state index contributed by atoms with van der Waals surface area (Å²) >= 11 is 0. The molecule has 1 aromatic heterocycles. The summed E-state index contributed by atoms with van der Waals surface area (Å²) in [5, 5.41) is 4.08. The topological polar surface area (TPSA) is 51.4 Å². The van der Waals surface area contributed by atoms with Crippen molar-refractivity contribution in [1.82, 2.24) is 15.0 Å². The zero-order valence-electron chi connectivity index (χ0n) is 12.4. The van der Waals surface area contributed by atoms with Crippen LogP contribution in [0.2, 0.25) is 0 Å². The molecule has 1 fully saturated rings. The number of benzene rings is 1. The van der Waals surface area contributed by atoms with Gasteiger partial charge in [-0.1, -0.05) is 30.1 Å². The Balaban J connectivity index is 1.70. The van der Waals surface area contributed by atoms with Gasteiger partial charge < -0.3 is 9.26 Å². The van der Waals surface area contributed by atoms with Gasteiger partial charge in [0.05, 0.1) is 13.7 Å². The Morgan fingerprint density at radius 2 is 2.00 bits per heavy atom. The molecule has 5 heteroatoms. The predicted octanol–water partition coefficient (Wildman–Crippen LogP) is 3.12. The van der Waals surface area contributed by atoms with Gasteiger partial charge in [0.2, 0.25) is 11.7 Å². The summed E-state index contributed by atoms with van der Waals surface area (Å²) < 4.78 is 10.6. The molecule has 0 saturated carbocycles. The van der Waals surface area contributed by atoms with Gasteiger partial charge in [0.25, 0.3) is 0 Å². The van der Waals surface area contributed by atoms with Crippen LogP contribution in [0.15, 0.2) is 28.8 Å². The third-order valence-electron chi connectivity index (χ3n) is 3.85. The highest BCUT2D eigenvalue weighted by atomic mass is 16.5. The van der Waals surface area contributed by atoms with Gasteiger partial charge >= 0.3 is 0 Å². The maximum atomic E-state index is 5.39. The van der Waals surface area contributed by atoms with Crippen LogP contribution in [0.5, 0.6) is 5.75 Å². The maximum absolute atomic E-state index is 5.39. The second-order valence-electron chi connectivity index (χ2n) is 5.43. The minimum absolute atomic E-state index is 0.624. The monoisotopic (exact) mass is 287 g/mol. The van der Waals surface area contributed by atoms with E-state index in [-0.39, 0.29) is 0 Å². The molecule has 112 valence electrons. The van der Waals surface area contributed by atoms with Gasteiger partial charge in [-0.25, -0.2) is 0 Å². The second kappa shape index (κ2) is 6.72. The van der Waals surface area contributed by atoms with Crippen molar-refractivity contribution in [3.05, 3.63) is 30.2 Å². The lowest BCUT2D eigenvalue weighted by Crippen LogP contribution is -2.24. The SMILES string of the molecule is COc1cccc(-c2noc(CN3CCCCCC3)n2)c1. The minimum atomic E-state index is 0.624. The van der Waals surface area contributed by atoms with E-state index >= 15 is 0 Å². The minimum Gasteiger partial charge on any atom is -0.497 e. The fourth-order valence-corrected chi connectivity index (χ4v) is 2.68. The summed E-state index contributed by atoms with van der Waals surface area (Å²) in [5.41, 5.74) is 0.917. The van der Waals surface area contributed by atoms with Crippen LogP contribution in [0.25, 0.3) is 11.4 Å². The summed E-state index contributed by atoms with van der Waals surface area (Å²) in [6.45, 7) is 2.99. The Bertz CT molecular complexity index is 574.